The fourth-order valence-corrected chi connectivity index (χ4v) is 5.30. The molecule has 4 rings (SSSR count). The molecule has 0 N–H and O–H groups in total. The number of benzene rings is 2. The maximum atomic E-state index is 14.3. The van der Waals surface area contributed by atoms with E-state index in [9.17, 15) is 9.18 Å². The van der Waals surface area contributed by atoms with Gasteiger partial charge < -0.3 is 9.47 Å². The molecule has 0 spiro atoms. The van der Waals surface area contributed by atoms with Gasteiger partial charge in [0.25, 0.3) is 0 Å². The number of carbonyl (C=O) groups excluding carboxylic acids is 1. The van der Waals surface area contributed by atoms with Crippen LogP contribution in [0, 0.1) is 23.6 Å². The summed E-state index contributed by atoms with van der Waals surface area (Å²) in [5.74, 6) is 1.91. The smallest absolute Gasteiger partial charge is 0.343 e. The quantitative estimate of drug-likeness (QED) is 0.265. The van der Waals surface area contributed by atoms with Crippen LogP contribution in [-0.2, 0) is 0 Å². The number of ether oxygens (including phenoxy) is 2. The van der Waals surface area contributed by atoms with Gasteiger partial charge in [-0.2, -0.15) is 0 Å². The third-order valence-electron chi connectivity index (χ3n) is 7.08. The van der Waals surface area contributed by atoms with Crippen molar-refractivity contribution in [3.63, 3.8) is 0 Å². The second kappa shape index (κ2) is 10.2. The van der Waals surface area contributed by atoms with Crippen molar-refractivity contribution in [1.82, 2.24) is 0 Å². The Morgan fingerprint density at radius 3 is 2.47 bits per heavy atom. The maximum absolute atomic E-state index is 14.3. The zero-order chi connectivity index (χ0) is 22.5. The molecule has 4 unspecified atom stereocenters. The lowest BCUT2D eigenvalue weighted by Gasteiger charge is -2.41. The van der Waals surface area contributed by atoms with E-state index in [0.717, 1.165) is 11.8 Å². The zero-order valence-electron chi connectivity index (χ0n) is 18.5. The summed E-state index contributed by atoms with van der Waals surface area (Å²) in [7, 11) is 0. The fourth-order valence-electron chi connectivity index (χ4n) is 5.30. The summed E-state index contributed by atoms with van der Waals surface area (Å²) in [5.41, 5.74) is 1.70. The standard InChI is InChI=1S/C28H31FO3/c1-3-15-31-25-13-14-27(26(29)18-25)32-28(30)21-9-7-20(8-10-21)23-12-11-22-16-19(4-2)5-6-24(22)17-23/h3-4,7-10,13-14,18-19,22-24H,1-2,5-6,11-12,15-17H2. The van der Waals surface area contributed by atoms with E-state index in [2.05, 4.69) is 19.2 Å². The number of carbonyl (C=O) groups is 1. The zero-order valence-corrected chi connectivity index (χ0v) is 18.5. The Hall–Kier alpha value is -2.88. The predicted octanol–water partition coefficient (Wildman–Crippen LogP) is 7.10. The maximum Gasteiger partial charge on any atom is 0.343 e. The van der Waals surface area contributed by atoms with Crippen LogP contribution in [0.5, 0.6) is 11.5 Å². The first-order valence-electron chi connectivity index (χ1n) is 11.5. The molecule has 2 aromatic rings. The Labute approximate surface area is 189 Å². The van der Waals surface area contributed by atoms with E-state index in [1.807, 2.05) is 12.1 Å². The molecule has 3 nitrogen and oxygen atoms in total. The minimum Gasteiger partial charge on any atom is -0.489 e. The van der Waals surface area contributed by atoms with Gasteiger partial charge in [-0.05, 0) is 92.0 Å². The first kappa shape index (κ1) is 22.3. The Bertz CT molecular complexity index is 965. The van der Waals surface area contributed by atoms with Crippen LogP contribution in [0.1, 0.15) is 60.4 Å². The Kier molecular flexibility index (Phi) is 7.09. The van der Waals surface area contributed by atoms with Gasteiger partial charge in [-0.15, -0.1) is 6.58 Å². The van der Waals surface area contributed by atoms with Crippen molar-refractivity contribution in [2.24, 2.45) is 17.8 Å². The molecule has 0 aromatic heterocycles. The molecule has 32 heavy (non-hydrogen) atoms. The van der Waals surface area contributed by atoms with Crippen molar-refractivity contribution in [2.45, 2.75) is 44.4 Å². The van der Waals surface area contributed by atoms with Gasteiger partial charge in [0, 0.05) is 6.07 Å². The summed E-state index contributed by atoms with van der Waals surface area (Å²) in [6.45, 7) is 7.82. The number of fused-ring (bicyclic) bond motifs is 1. The second-order valence-electron chi connectivity index (χ2n) is 9.04. The molecule has 0 bridgehead atoms. The van der Waals surface area contributed by atoms with Crippen molar-refractivity contribution >= 4 is 5.97 Å². The number of hydrogen-bond acceptors (Lipinski definition) is 3. The summed E-state index contributed by atoms with van der Waals surface area (Å²) in [4.78, 5) is 12.5. The lowest BCUT2D eigenvalue weighted by Crippen LogP contribution is -2.29. The van der Waals surface area contributed by atoms with Crippen molar-refractivity contribution < 1.29 is 18.7 Å². The molecule has 2 fully saturated rings. The molecule has 0 heterocycles. The summed E-state index contributed by atoms with van der Waals surface area (Å²) in [5, 5.41) is 0. The van der Waals surface area contributed by atoms with E-state index in [1.165, 1.54) is 56.2 Å². The Balaban J connectivity index is 1.36. The normalized spacial score (nSPS) is 24.8. The van der Waals surface area contributed by atoms with Crippen LogP contribution in [0.15, 0.2) is 67.8 Å². The molecular weight excluding hydrogens is 403 g/mol. The summed E-state index contributed by atoms with van der Waals surface area (Å²) >= 11 is 0. The van der Waals surface area contributed by atoms with E-state index in [4.69, 9.17) is 9.47 Å². The molecule has 2 saturated carbocycles. The highest BCUT2D eigenvalue weighted by molar-refractivity contribution is 5.91. The van der Waals surface area contributed by atoms with E-state index in [-0.39, 0.29) is 12.4 Å². The molecule has 2 aromatic carbocycles. The number of halogens is 1. The van der Waals surface area contributed by atoms with Gasteiger partial charge in [0.2, 0.25) is 0 Å². The van der Waals surface area contributed by atoms with Gasteiger partial charge in [-0.3, -0.25) is 0 Å². The van der Waals surface area contributed by atoms with Crippen LogP contribution >= 0.6 is 0 Å². The number of esters is 1. The second-order valence-corrected chi connectivity index (χ2v) is 9.04. The molecule has 0 saturated heterocycles. The highest BCUT2D eigenvalue weighted by atomic mass is 19.1. The molecule has 4 atom stereocenters. The molecule has 0 radical (unpaired) electrons. The molecule has 2 aliphatic carbocycles. The number of allylic oxidation sites excluding steroid dienone is 1. The minimum atomic E-state index is -0.639. The summed E-state index contributed by atoms with van der Waals surface area (Å²) in [6, 6.07) is 11.8. The number of rotatable bonds is 7. The third kappa shape index (κ3) is 5.12. The molecular formula is C28H31FO3. The van der Waals surface area contributed by atoms with Gasteiger partial charge in [-0.25, -0.2) is 9.18 Å². The number of hydrogen-bond donors (Lipinski definition) is 0. The first-order chi connectivity index (χ1) is 15.6. The Morgan fingerprint density at radius 2 is 1.75 bits per heavy atom. The summed E-state index contributed by atoms with van der Waals surface area (Å²) < 4.78 is 24.8. The molecule has 2 aliphatic rings. The predicted molar refractivity (Wildman–Crippen MR) is 125 cm³/mol. The van der Waals surface area contributed by atoms with Gasteiger partial charge in [0.05, 0.1) is 5.56 Å². The van der Waals surface area contributed by atoms with Crippen LogP contribution in [0.2, 0.25) is 0 Å². The minimum absolute atomic E-state index is 0.113. The van der Waals surface area contributed by atoms with Gasteiger partial charge in [-0.1, -0.05) is 30.9 Å². The fraction of sp³-hybridized carbons (Fsp3) is 0.393. The lowest BCUT2D eigenvalue weighted by molar-refractivity contribution is 0.0727. The average molecular weight is 435 g/mol. The van der Waals surface area contributed by atoms with Gasteiger partial charge in [0.1, 0.15) is 12.4 Å². The van der Waals surface area contributed by atoms with Crippen LogP contribution in [-0.4, -0.2) is 12.6 Å². The molecule has 0 aliphatic heterocycles. The average Bonchev–Trinajstić information content (AvgIpc) is 2.83. The third-order valence-corrected chi connectivity index (χ3v) is 7.08. The topological polar surface area (TPSA) is 35.5 Å². The van der Waals surface area contributed by atoms with E-state index >= 15 is 0 Å². The van der Waals surface area contributed by atoms with Crippen LogP contribution < -0.4 is 9.47 Å². The van der Waals surface area contributed by atoms with E-state index in [0.29, 0.717) is 23.1 Å². The van der Waals surface area contributed by atoms with Gasteiger partial charge >= 0.3 is 5.97 Å². The highest BCUT2D eigenvalue weighted by Gasteiger charge is 2.35. The largest absolute Gasteiger partial charge is 0.489 e. The van der Waals surface area contributed by atoms with Crippen molar-refractivity contribution in [3.05, 3.63) is 84.7 Å². The Morgan fingerprint density at radius 1 is 1.00 bits per heavy atom. The monoisotopic (exact) mass is 434 g/mol. The molecule has 168 valence electrons. The molecule has 0 amide bonds. The van der Waals surface area contributed by atoms with E-state index in [1.54, 1.807) is 24.3 Å². The summed E-state index contributed by atoms with van der Waals surface area (Å²) in [6.07, 6.45) is 11.3. The van der Waals surface area contributed by atoms with Crippen LogP contribution in [0.4, 0.5) is 4.39 Å². The van der Waals surface area contributed by atoms with Crippen molar-refractivity contribution in [2.75, 3.05) is 6.61 Å². The van der Waals surface area contributed by atoms with Crippen LogP contribution in [0.3, 0.4) is 0 Å². The lowest BCUT2D eigenvalue weighted by atomic mass is 9.64. The molecule has 4 heteroatoms. The SMILES string of the molecule is C=CCOc1ccc(OC(=O)c2ccc(C3CCC4CC(C=C)CCC4C3)cc2)c(F)c1. The van der Waals surface area contributed by atoms with Crippen LogP contribution in [0.25, 0.3) is 0 Å². The first-order valence-corrected chi connectivity index (χ1v) is 11.5. The van der Waals surface area contributed by atoms with Gasteiger partial charge in [0.15, 0.2) is 11.6 Å². The van der Waals surface area contributed by atoms with Crippen molar-refractivity contribution in [1.29, 1.82) is 0 Å². The van der Waals surface area contributed by atoms with E-state index < -0.39 is 11.8 Å². The van der Waals surface area contributed by atoms with Crippen molar-refractivity contribution in [3.8, 4) is 11.5 Å². The highest BCUT2D eigenvalue weighted by Crippen LogP contribution is 2.47.